The minimum Gasteiger partial charge on any atom is -0.378 e. The highest BCUT2D eigenvalue weighted by Crippen LogP contribution is 2.32. The molecule has 8 nitrogen and oxygen atoms in total. The fourth-order valence-corrected chi connectivity index (χ4v) is 4.38. The van der Waals surface area contributed by atoms with Gasteiger partial charge in [-0.1, -0.05) is 6.08 Å². The number of aryl methyl sites for hydroxylation is 2. The second kappa shape index (κ2) is 8.12. The molecule has 1 aromatic carbocycles. The minimum absolute atomic E-state index is 0.0333. The van der Waals surface area contributed by atoms with Crippen LogP contribution in [0.5, 0.6) is 0 Å². The van der Waals surface area contributed by atoms with E-state index in [1.165, 1.54) is 0 Å². The summed E-state index contributed by atoms with van der Waals surface area (Å²) in [6.07, 6.45) is 7.85. The molecule has 0 spiro atoms. The number of aromatic nitrogens is 4. The Morgan fingerprint density at radius 1 is 1.31 bits per heavy atom. The van der Waals surface area contributed by atoms with Gasteiger partial charge in [0.05, 0.1) is 36.1 Å². The van der Waals surface area contributed by atoms with Crippen LogP contribution in [0.15, 0.2) is 54.4 Å². The molecule has 0 saturated carbocycles. The lowest BCUT2D eigenvalue weighted by molar-refractivity contribution is 0.0304. The van der Waals surface area contributed by atoms with E-state index in [1.807, 2.05) is 40.9 Å². The van der Waals surface area contributed by atoms with E-state index in [0.717, 1.165) is 27.5 Å². The number of morpholine rings is 1. The summed E-state index contributed by atoms with van der Waals surface area (Å²) in [4.78, 5) is 35.8. The number of rotatable bonds is 5. The molecule has 5 rings (SSSR count). The average molecular weight is 431 g/mol. The van der Waals surface area contributed by atoms with E-state index >= 15 is 0 Å². The molecule has 1 fully saturated rings. The predicted molar refractivity (Wildman–Crippen MR) is 124 cm³/mol. The van der Waals surface area contributed by atoms with E-state index < -0.39 is 0 Å². The zero-order chi connectivity index (χ0) is 22.2. The third-order valence-electron chi connectivity index (χ3n) is 6.02. The van der Waals surface area contributed by atoms with Crippen LogP contribution in [0.2, 0.25) is 0 Å². The van der Waals surface area contributed by atoms with E-state index in [-0.39, 0.29) is 11.5 Å². The Labute approximate surface area is 184 Å². The maximum atomic E-state index is 13.5. The third-order valence-corrected chi connectivity index (χ3v) is 6.02. The molecule has 4 aromatic rings. The van der Waals surface area contributed by atoms with Crippen LogP contribution in [-0.4, -0.2) is 56.2 Å². The molecule has 3 aromatic heterocycles. The molecule has 32 heavy (non-hydrogen) atoms. The number of benzene rings is 1. The summed E-state index contributed by atoms with van der Waals surface area (Å²) in [6.45, 7) is 6.52. The minimum atomic E-state index is -0.0702. The van der Waals surface area contributed by atoms with Crippen molar-refractivity contribution in [3.8, 4) is 11.1 Å². The maximum Gasteiger partial charge on any atom is 0.274 e. The van der Waals surface area contributed by atoms with Gasteiger partial charge in [-0.2, -0.15) is 0 Å². The molecule has 0 aliphatic carbocycles. The van der Waals surface area contributed by atoms with Crippen molar-refractivity contribution in [2.24, 2.45) is 7.05 Å². The normalized spacial score (nSPS) is 14.3. The van der Waals surface area contributed by atoms with Crippen LogP contribution in [0.25, 0.3) is 33.1 Å². The first-order chi connectivity index (χ1) is 15.6. The molecule has 1 N–H and O–H groups in total. The van der Waals surface area contributed by atoms with Gasteiger partial charge < -0.3 is 23.8 Å². The molecule has 1 aliphatic rings. The lowest BCUT2D eigenvalue weighted by Gasteiger charge is -2.27. The van der Waals surface area contributed by atoms with Crippen LogP contribution >= 0.6 is 0 Å². The molecule has 0 atom stereocenters. The van der Waals surface area contributed by atoms with E-state index in [0.29, 0.717) is 50.3 Å². The Morgan fingerprint density at radius 2 is 2.12 bits per heavy atom. The summed E-state index contributed by atoms with van der Waals surface area (Å²) >= 11 is 0. The van der Waals surface area contributed by atoms with Crippen molar-refractivity contribution in [1.29, 1.82) is 0 Å². The monoisotopic (exact) mass is 431 g/mol. The number of aromatic amines is 1. The van der Waals surface area contributed by atoms with Crippen LogP contribution < -0.4 is 5.56 Å². The number of H-pyrrole nitrogens is 1. The van der Waals surface area contributed by atoms with Gasteiger partial charge in [0.1, 0.15) is 5.52 Å². The van der Waals surface area contributed by atoms with E-state index in [1.54, 1.807) is 23.2 Å². The van der Waals surface area contributed by atoms with Gasteiger partial charge >= 0.3 is 0 Å². The van der Waals surface area contributed by atoms with Gasteiger partial charge in [-0.15, -0.1) is 6.58 Å². The molecule has 8 heteroatoms. The summed E-state index contributed by atoms with van der Waals surface area (Å²) in [7, 11) is 1.89. The van der Waals surface area contributed by atoms with Gasteiger partial charge in [-0.25, -0.2) is 4.98 Å². The SMILES string of the molecule is C=CCCn1cc(-c2cc(C(=O)N3CCOCC3)c3c(c2)ncn3C)c2cc[nH]c2c1=O. The second-order valence-corrected chi connectivity index (χ2v) is 8.04. The van der Waals surface area contributed by atoms with Crippen molar-refractivity contribution in [3.63, 3.8) is 0 Å². The fraction of sp³-hybridized carbons (Fsp3) is 0.292. The highest BCUT2D eigenvalue weighted by atomic mass is 16.5. The molecule has 0 radical (unpaired) electrons. The topological polar surface area (TPSA) is 85.2 Å². The van der Waals surface area contributed by atoms with Crippen LogP contribution in [0, 0.1) is 0 Å². The van der Waals surface area contributed by atoms with E-state index in [2.05, 4.69) is 16.5 Å². The zero-order valence-electron chi connectivity index (χ0n) is 18.0. The Morgan fingerprint density at radius 3 is 2.91 bits per heavy atom. The third kappa shape index (κ3) is 3.33. The maximum absolute atomic E-state index is 13.5. The standard InChI is InChI=1S/C24H25N5O3/c1-3-4-7-29-14-19(17-5-6-25-21(17)24(29)31)16-12-18(22-20(13-16)26-15-27(22)2)23(30)28-8-10-32-11-9-28/h3,5-6,12-15,25H,1,4,7-11H2,2H3. The van der Waals surface area contributed by atoms with Crippen molar-refractivity contribution >= 4 is 27.8 Å². The first-order valence-corrected chi connectivity index (χ1v) is 10.7. The number of carbonyl (C=O) groups is 1. The lowest BCUT2D eigenvalue weighted by Crippen LogP contribution is -2.40. The Balaban J connectivity index is 1.72. The molecule has 0 unspecified atom stereocenters. The van der Waals surface area contributed by atoms with Crippen molar-refractivity contribution in [2.75, 3.05) is 26.3 Å². The number of nitrogens with zero attached hydrogens (tertiary/aromatic N) is 4. The summed E-state index contributed by atoms with van der Waals surface area (Å²) in [5.41, 5.74) is 4.36. The molecule has 1 saturated heterocycles. The molecular formula is C24H25N5O3. The highest BCUT2D eigenvalue weighted by Gasteiger charge is 2.24. The predicted octanol–water partition coefficient (Wildman–Crippen LogP) is 2.93. The Kier molecular flexibility index (Phi) is 5.14. The van der Waals surface area contributed by atoms with Crippen LogP contribution in [-0.2, 0) is 18.3 Å². The van der Waals surface area contributed by atoms with E-state index in [9.17, 15) is 9.59 Å². The molecule has 1 aliphatic heterocycles. The van der Waals surface area contributed by atoms with Crippen LogP contribution in [0.4, 0.5) is 0 Å². The molecular weight excluding hydrogens is 406 g/mol. The van der Waals surface area contributed by atoms with Crippen molar-refractivity contribution < 1.29 is 9.53 Å². The first-order valence-electron chi connectivity index (χ1n) is 10.7. The van der Waals surface area contributed by atoms with Gasteiger partial charge in [0, 0.05) is 50.0 Å². The van der Waals surface area contributed by atoms with Gasteiger partial charge in [0.15, 0.2) is 0 Å². The smallest absolute Gasteiger partial charge is 0.274 e. The number of carbonyl (C=O) groups excluding carboxylic acids is 1. The van der Waals surface area contributed by atoms with Crippen LogP contribution in [0.3, 0.4) is 0 Å². The Bertz CT molecular complexity index is 1390. The van der Waals surface area contributed by atoms with Crippen LogP contribution in [0.1, 0.15) is 16.8 Å². The molecule has 0 bridgehead atoms. The summed E-state index contributed by atoms with van der Waals surface area (Å²) < 4.78 is 8.99. The number of nitrogens with one attached hydrogen (secondary N) is 1. The number of imidazole rings is 1. The van der Waals surface area contributed by atoms with E-state index in [4.69, 9.17) is 4.74 Å². The number of allylic oxidation sites excluding steroid dienone is 1. The average Bonchev–Trinajstić information content (AvgIpc) is 3.46. The zero-order valence-corrected chi connectivity index (χ0v) is 18.0. The quantitative estimate of drug-likeness (QED) is 0.493. The lowest BCUT2D eigenvalue weighted by atomic mass is 9.99. The van der Waals surface area contributed by atoms with Crippen molar-refractivity contribution in [3.05, 3.63) is 65.5 Å². The summed E-state index contributed by atoms with van der Waals surface area (Å²) in [5, 5.41) is 0.824. The fourth-order valence-electron chi connectivity index (χ4n) is 4.38. The largest absolute Gasteiger partial charge is 0.378 e. The number of pyridine rings is 1. The number of hydrogen-bond donors (Lipinski definition) is 1. The number of amides is 1. The Hall–Kier alpha value is -3.65. The van der Waals surface area contributed by atoms with Gasteiger partial charge in [0.25, 0.3) is 11.5 Å². The molecule has 164 valence electrons. The summed E-state index contributed by atoms with van der Waals surface area (Å²) in [5.74, 6) is -0.0333. The number of fused-ring (bicyclic) bond motifs is 2. The van der Waals surface area contributed by atoms with Gasteiger partial charge in [-0.3, -0.25) is 9.59 Å². The number of ether oxygens (including phenoxy) is 1. The molecule has 1 amide bonds. The van der Waals surface area contributed by atoms with Crippen molar-refractivity contribution in [1.82, 2.24) is 24.0 Å². The second-order valence-electron chi connectivity index (χ2n) is 8.04. The van der Waals surface area contributed by atoms with Crippen molar-refractivity contribution in [2.45, 2.75) is 13.0 Å². The summed E-state index contributed by atoms with van der Waals surface area (Å²) in [6, 6.07) is 5.80. The highest BCUT2D eigenvalue weighted by molar-refractivity contribution is 6.08. The molecule has 4 heterocycles. The van der Waals surface area contributed by atoms with Gasteiger partial charge in [0.2, 0.25) is 0 Å². The number of hydrogen-bond acceptors (Lipinski definition) is 4. The first kappa shape index (κ1) is 20.3. The van der Waals surface area contributed by atoms with Gasteiger partial charge in [-0.05, 0) is 30.2 Å².